The van der Waals surface area contributed by atoms with Crippen molar-refractivity contribution in [2.24, 2.45) is 0 Å². The van der Waals surface area contributed by atoms with E-state index in [0.717, 1.165) is 11.3 Å². The molecule has 0 aliphatic heterocycles. The molecule has 0 radical (unpaired) electrons. The number of tetrazole rings is 1. The fourth-order valence-electron chi connectivity index (χ4n) is 1.41. The molecule has 0 bridgehead atoms. The minimum absolute atomic E-state index is 0.648. The molecule has 5 heteroatoms. The Labute approximate surface area is 85.4 Å². The summed E-state index contributed by atoms with van der Waals surface area (Å²) in [5.41, 5.74) is 2.56. The van der Waals surface area contributed by atoms with Crippen LogP contribution in [0.4, 0.5) is 0 Å². The summed E-state index contributed by atoms with van der Waals surface area (Å²) in [5, 5.41) is 15.4. The molecule has 1 aromatic carbocycles. The summed E-state index contributed by atoms with van der Waals surface area (Å²) in [6, 6.07) is 13.7. The van der Waals surface area contributed by atoms with Crippen LogP contribution in [0, 0.1) is 0 Å². The van der Waals surface area contributed by atoms with Crippen molar-refractivity contribution in [2.45, 2.75) is 0 Å². The van der Waals surface area contributed by atoms with Crippen LogP contribution in [0.5, 0.6) is 0 Å². The van der Waals surface area contributed by atoms with E-state index in [1.165, 1.54) is 4.63 Å². The lowest BCUT2D eigenvalue weighted by atomic mass is 10.1. The second-order valence-electron chi connectivity index (χ2n) is 3.11. The standard InChI is InChI=1S/C10H7N5/c1-2-4-8(5-3-1)9-6-7-10-11-13-14-15(10)12-9/h1-7H. The maximum Gasteiger partial charge on any atom is 0.200 e. The second-order valence-corrected chi connectivity index (χ2v) is 3.11. The van der Waals surface area contributed by atoms with Gasteiger partial charge in [0.25, 0.3) is 0 Å². The number of nitrogens with zero attached hydrogens (tertiary/aromatic N) is 5. The Balaban J connectivity index is 2.19. The average molecular weight is 197 g/mol. The first-order chi connectivity index (χ1) is 7.43. The molecule has 2 heterocycles. The number of fused-ring (bicyclic) bond motifs is 1. The second kappa shape index (κ2) is 3.13. The topological polar surface area (TPSA) is 56.0 Å². The molecule has 0 aliphatic carbocycles. The summed E-state index contributed by atoms with van der Waals surface area (Å²) in [6.45, 7) is 0. The molecule has 0 atom stereocenters. The number of aromatic nitrogens is 5. The summed E-state index contributed by atoms with van der Waals surface area (Å²) in [6.07, 6.45) is 0. The van der Waals surface area contributed by atoms with E-state index in [9.17, 15) is 0 Å². The van der Waals surface area contributed by atoms with E-state index in [1.807, 2.05) is 42.5 Å². The van der Waals surface area contributed by atoms with E-state index in [0.29, 0.717) is 5.65 Å². The zero-order valence-corrected chi connectivity index (χ0v) is 7.78. The third kappa shape index (κ3) is 1.34. The molecule has 5 nitrogen and oxygen atoms in total. The SMILES string of the molecule is c1ccc(-c2ccc3nnnn3n2)cc1. The molecule has 72 valence electrons. The molecule has 2 aromatic heterocycles. The van der Waals surface area contributed by atoms with E-state index < -0.39 is 0 Å². The van der Waals surface area contributed by atoms with Crippen molar-refractivity contribution in [3.63, 3.8) is 0 Å². The summed E-state index contributed by atoms with van der Waals surface area (Å²) in [4.78, 5) is 0. The summed E-state index contributed by atoms with van der Waals surface area (Å²) < 4.78 is 1.42. The van der Waals surface area contributed by atoms with Gasteiger partial charge >= 0.3 is 0 Å². The minimum Gasteiger partial charge on any atom is -0.147 e. The van der Waals surface area contributed by atoms with Gasteiger partial charge in [0.2, 0.25) is 0 Å². The maximum atomic E-state index is 4.29. The van der Waals surface area contributed by atoms with Gasteiger partial charge in [-0.3, -0.25) is 0 Å². The van der Waals surface area contributed by atoms with Crippen molar-refractivity contribution in [3.05, 3.63) is 42.5 Å². The molecule has 0 N–H and O–H groups in total. The smallest absolute Gasteiger partial charge is 0.147 e. The van der Waals surface area contributed by atoms with Crippen molar-refractivity contribution in [1.29, 1.82) is 0 Å². The number of hydrogen-bond donors (Lipinski definition) is 0. The van der Waals surface area contributed by atoms with Gasteiger partial charge in [-0.15, -0.1) is 14.8 Å². The molecule has 3 rings (SSSR count). The predicted molar refractivity (Wildman–Crippen MR) is 54.0 cm³/mol. The van der Waals surface area contributed by atoms with Gasteiger partial charge in [0.1, 0.15) is 0 Å². The highest BCUT2D eigenvalue weighted by molar-refractivity contribution is 5.59. The Hall–Kier alpha value is -2.30. The predicted octanol–water partition coefficient (Wildman–Crippen LogP) is 1.19. The van der Waals surface area contributed by atoms with Gasteiger partial charge in [0, 0.05) is 5.56 Å². The van der Waals surface area contributed by atoms with Gasteiger partial charge < -0.3 is 0 Å². The lowest BCUT2D eigenvalue weighted by molar-refractivity contribution is 0.736. The Bertz CT molecular complexity index is 587. The quantitative estimate of drug-likeness (QED) is 0.588. The minimum atomic E-state index is 0.648. The van der Waals surface area contributed by atoms with Crippen molar-refractivity contribution in [3.8, 4) is 11.3 Å². The Morgan fingerprint density at radius 2 is 1.80 bits per heavy atom. The molecule has 0 spiro atoms. The normalized spacial score (nSPS) is 10.7. The van der Waals surface area contributed by atoms with Crippen molar-refractivity contribution in [2.75, 3.05) is 0 Å². The largest absolute Gasteiger partial charge is 0.200 e. The molecular weight excluding hydrogens is 190 g/mol. The van der Waals surface area contributed by atoms with Gasteiger partial charge in [-0.05, 0) is 22.6 Å². The molecule has 0 saturated carbocycles. The molecule has 15 heavy (non-hydrogen) atoms. The summed E-state index contributed by atoms with van der Waals surface area (Å²) in [5.74, 6) is 0. The van der Waals surface area contributed by atoms with Crippen LogP contribution in [0.25, 0.3) is 16.9 Å². The molecule has 3 aromatic rings. The maximum absolute atomic E-state index is 4.29. The van der Waals surface area contributed by atoms with Crippen LogP contribution in [0.15, 0.2) is 42.5 Å². The molecule has 0 amide bonds. The van der Waals surface area contributed by atoms with Gasteiger partial charge in [0.15, 0.2) is 5.65 Å². The zero-order valence-electron chi connectivity index (χ0n) is 7.78. The Kier molecular flexibility index (Phi) is 1.68. The van der Waals surface area contributed by atoms with Crippen molar-refractivity contribution < 1.29 is 0 Å². The third-order valence-electron chi connectivity index (χ3n) is 2.14. The van der Waals surface area contributed by atoms with Gasteiger partial charge in [-0.1, -0.05) is 30.3 Å². The van der Waals surface area contributed by atoms with E-state index >= 15 is 0 Å². The fraction of sp³-hybridized carbons (Fsp3) is 0. The third-order valence-corrected chi connectivity index (χ3v) is 2.14. The first kappa shape index (κ1) is 8.05. The number of hydrogen-bond acceptors (Lipinski definition) is 4. The molecular formula is C10H7N5. The van der Waals surface area contributed by atoms with Crippen LogP contribution < -0.4 is 0 Å². The van der Waals surface area contributed by atoms with Crippen LogP contribution in [0.2, 0.25) is 0 Å². The van der Waals surface area contributed by atoms with Crippen LogP contribution in [0.3, 0.4) is 0 Å². The van der Waals surface area contributed by atoms with Gasteiger partial charge in [-0.25, -0.2) is 0 Å². The first-order valence-electron chi connectivity index (χ1n) is 4.54. The Morgan fingerprint density at radius 3 is 2.67 bits per heavy atom. The van der Waals surface area contributed by atoms with Crippen molar-refractivity contribution >= 4 is 5.65 Å². The van der Waals surface area contributed by atoms with Gasteiger partial charge in [-0.2, -0.15) is 0 Å². The molecule has 0 fully saturated rings. The highest BCUT2D eigenvalue weighted by atomic mass is 15.6. The lowest BCUT2D eigenvalue weighted by Gasteiger charge is -1.98. The monoisotopic (exact) mass is 197 g/mol. The van der Waals surface area contributed by atoms with Crippen LogP contribution >= 0.6 is 0 Å². The zero-order chi connectivity index (χ0) is 10.1. The van der Waals surface area contributed by atoms with Crippen molar-refractivity contribution in [1.82, 2.24) is 25.3 Å². The highest BCUT2D eigenvalue weighted by Gasteiger charge is 2.01. The highest BCUT2D eigenvalue weighted by Crippen LogP contribution is 2.15. The fourth-order valence-corrected chi connectivity index (χ4v) is 1.41. The average Bonchev–Trinajstić information content (AvgIpc) is 2.77. The van der Waals surface area contributed by atoms with E-state index in [4.69, 9.17) is 0 Å². The summed E-state index contributed by atoms with van der Waals surface area (Å²) in [7, 11) is 0. The number of benzene rings is 1. The number of rotatable bonds is 1. The van der Waals surface area contributed by atoms with E-state index in [1.54, 1.807) is 0 Å². The molecule has 0 saturated heterocycles. The lowest BCUT2D eigenvalue weighted by Crippen LogP contribution is -1.95. The van der Waals surface area contributed by atoms with Crippen LogP contribution in [-0.2, 0) is 0 Å². The first-order valence-corrected chi connectivity index (χ1v) is 4.54. The Morgan fingerprint density at radius 1 is 0.933 bits per heavy atom. The molecule has 0 aliphatic rings. The van der Waals surface area contributed by atoms with E-state index in [2.05, 4.69) is 20.6 Å². The summed E-state index contributed by atoms with van der Waals surface area (Å²) >= 11 is 0. The van der Waals surface area contributed by atoms with Crippen LogP contribution in [0.1, 0.15) is 0 Å². The molecule has 0 unspecified atom stereocenters. The van der Waals surface area contributed by atoms with Crippen LogP contribution in [-0.4, -0.2) is 25.3 Å². The van der Waals surface area contributed by atoms with E-state index in [-0.39, 0.29) is 0 Å². The van der Waals surface area contributed by atoms with Gasteiger partial charge in [0.05, 0.1) is 5.69 Å².